The lowest BCUT2D eigenvalue weighted by Gasteiger charge is -2.33. The third-order valence-electron chi connectivity index (χ3n) is 6.84. The van der Waals surface area contributed by atoms with Crippen molar-refractivity contribution in [3.63, 3.8) is 0 Å². The molecule has 1 fully saturated rings. The van der Waals surface area contributed by atoms with Gasteiger partial charge < -0.3 is 25.4 Å². The van der Waals surface area contributed by atoms with Crippen molar-refractivity contribution in [2.24, 2.45) is 0 Å². The second kappa shape index (κ2) is 11.1. The molecule has 0 unspecified atom stereocenters. The van der Waals surface area contributed by atoms with Crippen LogP contribution in [0.3, 0.4) is 0 Å². The second-order valence-electron chi connectivity index (χ2n) is 9.20. The van der Waals surface area contributed by atoms with Gasteiger partial charge in [0.2, 0.25) is 0 Å². The minimum absolute atomic E-state index is 0. The third kappa shape index (κ3) is 5.53. The number of ether oxygens (including phenoxy) is 2. The number of hydrogen-bond donors (Lipinski definition) is 3. The van der Waals surface area contributed by atoms with Crippen molar-refractivity contribution in [1.29, 1.82) is 0 Å². The minimum atomic E-state index is -4.49. The standard InChI is InChI=1S/C26H28F3N5O3.ClH/c1-36-21-8-7-17(11-22(21)37-2)19-12-23(26(27,28)29)34-24(32-19)13-20(33-34)15-3-5-16(6-4-15)25(35)31-18-9-10-30-14-18;/h3-8,11,13,18-19,23,30,32H,9-10,12,14H2,1-2H3,(H,31,35);1H/t18-,19+,23-;/m1./s1. The van der Waals surface area contributed by atoms with Crippen molar-refractivity contribution in [1.82, 2.24) is 20.4 Å². The summed E-state index contributed by atoms with van der Waals surface area (Å²) in [7, 11) is 2.98. The van der Waals surface area contributed by atoms with Crippen LogP contribution in [0.25, 0.3) is 11.3 Å². The second-order valence-corrected chi connectivity index (χ2v) is 9.20. The van der Waals surface area contributed by atoms with Gasteiger partial charge >= 0.3 is 6.18 Å². The maximum atomic E-state index is 14.1. The fraction of sp³-hybridized carbons (Fsp3) is 0.385. The maximum Gasteiger partial charge on any atom is 0.410 e. The number of carbonyl (C=O) groups excluding carboxylic acids is 1. The highest BCUT2D eigenvalue weighted by Crippen LogP contribution is 2.45. The van der Waals surface area contributed by atoms with E-state index < -0.39 is 18.3 Å². The highest BCUT2D eigenvalue weighted by Gasteiger charge is 2.46. The normalized spacial score (nSPS) is 20.6. The number of anilines is 1. The summed E-state index contributed by atoms with van der Waals surface area (Å²) in [6.07, 6.45) is -3.85. The molecule has 0 aliphatic carbocycles. The number of fused-ring (bicyclic) bond motifs is 1. The van der Waals surface area contributed by atoms with Gasteiger partial charge in [-0.15, -0.1) is 12.4 Å². The molecule has 0 bridgehead atoms. The lowest BCUT2D eigenvalue weighted by Crippen LogP contribution is -2.36. The Morgan fingerprint density at radius 2 is 1.82 bits per heavy atom. The molecule has 1 amide bonds. The van der Waals surface area contributed by atoms with Gasteiger partial charge in [-0.1, -0.05) is 18.2 Å². The minimum Gasteiger partial charge on any atom is -0.493 e. The summed E-state index contributed by atoms with van der Waals surface area (Å²) in [6, 6.07) is 11.1. The van der Waals surface area contributed by atoms with Crippen LogP contribution in [0, 0.1) is 0 Å². The first-order valence-electron chi connectivity index (χ1n) is 12.0. The van der Waals surface area contributed by atoms with Gasteiger partial charge in [0.25, 0.3) is 5.91 Å². The van der Waals surface area contributed by atoms with E-state index in [0.29, 0.717) is 33.9 Å². The molecule has 204 valence electrons. The summed E-state index contributed by atoms with van der Waals surface area (Å²) < 4.78 is 53.9. The Hall–Kier alpha value is -3.44. The molecule has 8 nitrogen and oxygen atoms in total. The summed E-state index contributed by atoms with van der Waals surface area (Å²) >= 11 is 0. The predicted octanol–water partition coefficient (Wildman–Crippen LogP) is 4.74. The van der Waals surface area contributed by atoms with Crippen LogP contribution in [-0.2, 0) is 0 Å². The van der Waals surface area contributed by atoms with Crippen LogP contribution in [0.4, 0.5) is 19.0 Å². The number of methoxy groups -OCH3 is 2. The lowest BCUT2D eigenvalue weighted by atomic mass is 9.96. The van der Waals surface area contributed by atoms with E-state index in [4.69, 9.17) is 9.47 Å². The highest BCUT2D eigenvalue weighted by atomic mass is 35.5. The van der Waals surface area contributed by atoms with Crippen LogP contribution in [0.1, 0.15) is 40.8 Å². The monoisotopic (exact) mass is 551 g/mol. The molecule has 1 aromatic heterocycles. The Morgan fingerprint density at radius 3 is 2.45 bits per heavy atom. The van der Waals surface area contributed by atoms with Gasteiger partial charge in [-0.25, -0.2) is 4.68 Å². The number of halogens is 4. The summed E-state index contributed by atoms with van der Waals surface area (Å²) in [5.74, 6) is 1.03. The Bertz CT molecular complexity index is 1280. The summed E-state index contributed by atoms with van der Waals surface area (Å²) in [5, 5.41) is 13.7. The van der Waals surface area contributed by atoms with Gasteiger partial charge in [0.1, 0.15) is 5.82 Å². The average molecular weight is 552 g/mol. The zero-order chi connectivity index (χ0) is 26.2. The number of carbonyl (C=O) groups is 1. The first kappa shape index (κ1) is 27.6. The fourth-order valence-electron chi connectivity index (χ4n) is 4.84. The number of aromatic nitrogens is 2. The van der Waals surface area contributed by atoms with E-state index in [2.05, 4.69) is 21.0 Å². The topological polar surface area (TPSA) is 89.4 Å². The van der Waals surface area contributed by atoms with Crippen LogP contribution in [-0.4, -0.2) is 55.2 Å². The van der Waals surface area contributed by atoms with E-state index in [1.54, 1.807) is 48.5 Å². The van der Waals surface area contributed by atoms with E-state index in [1.807, 2.05) is 0 Å². The number of nitrogens with one attached hydrogen (secondary N) is 3. The van der Waals surface area contributed by atoms with Gasteiger partial charge in [-0.3, -0.25) is 4.79 Å². The molecule has 2 aliphatic heterocycles. The van der Waals surface area contributed by atoms with Crippen molar-refractivity contribution in [2.75, 3.05) is 32.6 Å². The van der Waals surface area contributed by atoms with Crippen LogP contribution >= 0.6 is 12.4 Å². The zero-order valence-corrected chi connectivity index (χ0v) is 21.7. The molecule has 3 N–H and O–H groups in total. The largest absolute Gasteiger partial charge is 0.493 e. The molecule has 12 heteroatoms. The predicted molar refractivity (Wildman–Crippen MR) is 139 cm³/mol. The van der Waals surface area contributed by atoms with E-state index >= 15 is 0 Å². The molecule has 38 heavy (non-hydrogen) atoms. The van der Waals surface area contributed by atoms with Gasteiger partial charge in [0.15, 0.2) is 17.5 Å². The van der Waals surface area contributed by atoms with Gasteiger partial charge in [0.05, 0.1) is 26.0 Å². The van der Waals surface area contributed by atoms with E-state index in [9.17, 15) is 18.0 Å². The molecule has 3 atom stereocenters. The first-order valence-corrected chi connectivity index (χ1v) is 12.0. The van der Waals surface area contributed by atoms with Crippen LogP contribution in [0.2, 0.25) is 0 Å². The highest BCUT2D eigenvalue weighted by molar-refractivity contribution is 5.94. The van der Waals surface area contributed by atoms with Crippen LogP contribution < -0.4 is 25.4 Å². The molecular formula is C26H29ClF3N5O3. The number of nitrogens with zero attached hydrogens (tertiary/aromatic N) is 2. The molecule has 3 heterocycles. The Kier molecular flexibility index (Phi) is 8.08. The van der Waals surface area contributed by atoms with Gasteiger partial charge in [0, 0.05) is 36.2 Å². The fourth-order valence-corrected chi connectivity index (χ4v) is 4.84. The molecule has 2 aromatic carbocycles. The molecule has 1 saturated heterocycles. The molecule has 2 aliphatic rings. The number of alkyl halides is 3. The molecule has 3 aromatic rings. The van der Waals surface area contributed by atoms with E-state index in [1.165, 1.54) is 14.2 Å². The van der Waals surface area contributed by atoms with E-state index in [-0.39, 0.29) is 36.6 Å². The smallest absolute Gasteiger partial charge is 0.410 e. The molecule has 5 rings (SSSR count). The summed E-state index contributed by atoms with van der Waals surface area (Å²) in [6.45, 7) is 1.61. The number of rotatable bonds is 6. The SMILES string of the molecule is COc1ccc([C@@H]2C[C@H](C(F)(F)F)n3nc(-c4ccc(C(=O)N[C@@H]5CCNC5)cc4)cc3N2)cc1OC.Cl. The van der Waals surface area contributed by atoms with Crippen molar-refractivity contribution >= 4 is 24.1 Å². The number of amides is 1. The Morgan fingerprint density at radius 1 is 1.08 bits per heavy atom. The van der Waals surface area contributed by atoms with Gasteiger partial charge in [-0.2, -0.15) is 18.3 Å². The van der Waals surface area contributed by atoms with Crippen molar-refractivity contribution in [3.8, 4) is 22.8 Å². The Balaban J connectivity index is 0.00000336. The lowest BCUT2D eigenvalue weighted by molar-refractivity contribution is -0.173. The van der Waals surface area contributed by atoms with Crippen molar-refractivity contribution < 1.29 is 27.4 Å². The number of hydrogen-bond acceptors (Lipinski definition) is 6. The molecule has 0 saturated carbocycles. The summed E-state index contributed by atoms with van der Waals surface area (Å²) in [5.41, 5.74) is 2.14. The quantitative estimate of drug-likeness (QED) is 0.410. The molecule has 0 radical (unpaired) electrons. The Labute approximate surface area is 224 Å². The number of benzene rings is 2. The van der Waals surface area contributed by atoms with Crippen LogP contribution in [0.15, 0.2) is 48.5 Å². The molecular weight excluding hydrogens is 523 g/mol. The average Bonchev–Trinajstić information content (AvgIpc) is 3.57. The third-order valence-corrected chi connectivity index (χ3v) is 6.84. The van der Waals surface area contributed by atoms with Crippen molar-refractivity contribution in [3.05, 3.63) is 59.7 Å². The summed E-state index contributed by atoms with van der Waals surface area (Å²) in [4.78, 5) is 12.5. The molecule has 0 spiro atoms. The van der Waals surface area contributed by atoms with Crippen LogP contribution in [0.5, 0.6) is 11.5 Å². The zero-order valence-electron chi connectivity index (χ0n) is 20.8. The van der Waals surface area contributed by atoms with Gasteiger partial charge in [-0.05, 0) is 42.8 Å². The van der Waals surface area contributed by atoms with E-state index in [0.717, 1.165) is 24.2 Å². The maximum absolute atomic E-state index is 14.1. The van der Waals surface area contributed by atoms with Crippen molar-refractivity contribution in [2.45, 2.75) is 37.1 Å². The first-order chi connectivity index (χ1) is 17.8.